The second-order valence-corrected chi connectivity index (χ2v) is 14.0. The average molecular weight is 685 g/mol. The number of benzene rings is 3. The van der Waals surface area contributed by atoms with Gasteiger partial charge in [-0.1, -0.05) is 54.1 Å². The van der Waals surface area contributed by atoms with Crippen molar-refractivity contribution < 1.29 is 27.9 Å². The Balaban J connectivity index is 1.37. The number of rotatable bonds is 13. The molecule has 49 heavy (non-hydrogen) atoms. The zero-order chi connectivity index (χ0) is 35.5. The van der Waals surface area contributed by atoms with Crippen LogP contribution in [0.3, 0.4) is 0 Å². The van der Waals surface area contributed by atoms with E-state index in [1.165, 1.54) is 11.1 Å². The number of aromatic amines is 1. The molecule has 1 aliphatic rings. The lowest BCUT2D eigenvalue weighted by Crippen LogP contribution is -2.52. The molecule has 13 heteroatoms. The standard InChI is InChI=1S/C36H40N6O6S/c1-21-15-22(2)33(23(3)16-21)49(47,48)41-31(35(45)46)20-42(14-13-26-9-7-6-8-10-26)34(44)29-19-37-30-17-27(11-12-28(30)32(29)43)18-38-36-39-24(4)25(5)40-36/h6-12,15-17,19,29,31,41H,13-14,18,20H2,1-5H3,(H,45,46)(H2,38,39,40). The van der Waals surface area contributed by atoms with Crippen molar-refractivity contribution in [3.05, 3.63) is 105 Å². The van der Waals surface area contributed by atoms with E-state index < -0.39 is 46.2 Å². The summed E-state index contributed by atoms with van der Waals surface area (Å²) in [4.78, 5) is 53.5. The van der Waals surface area contributed by atoms with Gasteiger partial charge < -0.3 is 20.3 Å². The minimum absolute atomic E-state index is 0.0123. The quantitative estimate of drug-likeness (QED) is 0.148. The molecule has 0 radical (unpaired) electrons. The Morgan fingerprint density at radius 2 is 1.67 bits per heavy atom. The number of aliphatic carboxylic acids is 1. The molecule has 3 aromatic carbocycles. The number of carboxylic acids is 1. The minimum Gasteiger partial charge on any atom is -0.480 e. The number of Topliss-reactive ketones (excluding diaryl/α,β-unsaturated/α-hetero) is 1. The second-order valence-electron chi connectivity index (χ2n) is 12.4. The summed E-state index contributed by atoms with van der Waals surface area (Å²) in [6.45, 7) is 8.92. The van der Waals surface area contributed by atoms with Crippen LogP contribution < -0.4 is 10.0 Å². The van der Waals surface area contributed by atoms with Crippen LogP contribution in [-0.2, 0) is 32.6 Å². The topological polar surface area (TPSA) is 174 Å². The first kappa shape index (κ1) is 35.2. The molecule has 2 unspecified atom stereocenters. The third kappa shape index (κ3) is 8.12. The van der Waals surface area contributed by atoms with Crippen molar-refractivity contribution in [1.82, 2.24) is 19.6 Å². The molecule has 0 saturated heterocycles. The Kier molecular flexibility index (Phi) is 10.4. The summed E-state index contributed by atoms with van der Waals surface area (Å²) in [5.74, 6) is -3.29. The number of ketones is 1. The van der Waals surface area contributed by atoms with Gasteiger partial charge >= 0.3 is 5.97 Å². The maximum Gasteiger partial charge on any atom is 0.323 e. The number of carbonyl (C=O) groups excluding carboxylic acids is 2. The molecule has 1 aliphatic heterocycles. The molecule has 1 amide bonds. The molecule has 2 atom stereocenters. The van der Waals surface area contributed by atoms with Gasteiger partial charge in [-0.25, -0.2) is 13.4 Å². The third-order valence-corrected chi connectivity index (χ3v) is 10.3. The molecule has 0 bridgehead atoms. The number of aryl methyl sites for hydroxylation is 5. The monoisotopic (exact) mass is 684 g/mol. The van der Waals surface area contributed by atoms with Crippen LogP contribution in [0.4, 0.5) is 11.6 Å². The molecular weight excluding hydrogens is 644 g/mol. The van der Waals surface area contributed by atoms with Gasteiger partial charge in [-0.2, -0.15) is 4.72 Å². The van der Waals surface area contributed by atoms with Gasteiger partial charge in [-0.15, -0.1) is 0 Å². The van der Waals surface area contributed by atoms with E-state index in [1.807, 2.05) is 51.1 Å². The lowest BCUT2D eigenvalue weighted by molar-refractivity contribution is -0.140. The lowest BCUT2D eigenvalue weighted by atomic mass is 9.92. The van der Waals surface area contributed by atoms with Crippen LogP contribution in [0.25, 0.3) is 0 Å². The smallest absolute Gasteiger partial charge is 0.323 e. The predicted octanol–water partition coefficient (Wildman–Crippen LogP) is 4.58. The fourth-order valence-electron chi connectivity index (χ4n) is 6.01. The Hall–Kier alpha value is -5.14. The van der Waals surface area contributed by atoms with Crippen molar-refractivity contribution in [3.8, 4) is 0 Å². The zero-order valence-corrected chi connectivity index (χ0v) is 28.9. The Bertz CT molecular complexity index is 2000. The van der Waals surface area contributed by atoms with E-state index in [1.54, 1.807) is 44.2 Å². The first-order valence-electron chi connectivity index (χ1n) is 15.9. The third-order valence-electron chi connectivity index (χ3n) is 8.52. The van der Waals surface area contributed by atoms with E-state index in [0.29, 0.717) is 35.7 Å². The number of sulfonamides is 1. The van der Waals surface area contributed by atoms with E-state index in [2.05, 4.69) is 25.0 Å². The lowest BCUT2D eigenvalue weighted by Gasteiger charge is -2.29. The molecule has 1 aromatic heterocycles. The van der Waals surface area contributed by atoms with Crippen LogP contribution in [0.5, 0.6) is 0 Å². The Morgan fingerprint density at radius 1 is 0.980 bits per heavy atom. The molecule has 4 N–H and O–H groups in total. The first-order valence-corrected chi connectivity index (χ1v) is 17.4. The van der Waals surface area contributed by atoms with Crippen molar-refractivity contribution in [1.29, 1.82) is 0 Å². The number of fused-ring (bicyclic) bond motifs is 1. The highest BCUT2D eigenvalue weighted by Crippen LogP contribution is 2.29. The Morgan fingerprint density at radius 3 is 2.31 bits per heavy atom. The molecule has 0 saturated carbocycles. The van der Waals surface area contributed by atoms with Crippen LogP contribution in [0, 0.1) is 40.5 Å². The highest BCUT2D eigenvalue weighted by Gasteiger charge is 2.37. The van der Waals surface area contributed by atoms with Gasteiger partial charge in [0.1, 0.15) is 12.0 Å². The molecule has 5 rings (SSSR count). The molecule has 0 aliphatic carbocycles. The van der Waals surface area contributed by atoms with Crippen LogP contribution in [0.1, 0.15) is 49.6 Å². The summed E-state index contributed by atoms with van der Waals surface area (Å²) in [6.07, 6.45) is 1.62. The summed E-state index contributed by atoms with van der Waals surface area (Å²) < 4.78 is 29.4. The number of carboxylic acid groups (broad SMARTS) is 1. The molecule has 4 aromatic rings. The number of aromatic nitrogens is 2. The number of imidazole rings is 1. The second kappa shape index (κ2) is 14.5. The largest absolute Gasteiger partial charge is 0.480 e. The number of H-pyrrole nitrogens is 1. The van der Waals surface area contributed by atoms with Gasteiger partial charge in [0.15, 0.2) is 5.78 Å². The summed E-state index contributed by atoms with van der Waals surface area (Å²) in [5.41, 5.74) is 6.06. The molecule has 12 nitrogen and oxygen atoms in total. The fraction of sp³-hybridized carbons (Fsp3) is 0.306. The molecule has 0 spiro atoms. The van der Waals surface area contributed by atoms with Gasteiger partial charge in [-0.3, -0.25) is 19.4 Å². The number of hydrogen-bond acceptors (Lipinski definition) is 8. The summed E-state index contributed by atoms with van der Waals surface area (Å²) in [7, 11) is -4.30. The van der Waals surface area contributed by atoms with Gasteiger partial charge in [0.25, 0.3) is 0 Å². The SMILES string of the molecule is Cc1cc(C)c(S(=O)(=O)NC(CN(CCc2ccccc2)C(=O)C2C=Nc3cc(CNc4nc(C)c(C)[nH]4)ccc3C2=O)C(=O)O)c(C)c1. The van der Waals surface area contributed by atoms with E-state index in [0.717, 1.165) is 28.1 Å². The van der Waals surface area contributed by atoms with Gasteiger partial charge in [0.05, 0.1) is 16.3 Å². The normalized spacial score (nSPS) is 14.7. The molecule has 2 heterocycles. The number of anilines is 1. The molecular formula is C36H40N6O6S. The van der Waals surface area contributed by atoms with Crippen LogP contribution in [0.2, 0.25) is 0 Å². The van der Waals surface area contributed by atoms with Crippen LogP contribution in [-0.4, -0.2) is 71.4 Å². The van der Waals surface area contributed by atoms with E-state index >= 15 is 0 Å². The zero-order valence-electron chi connectivity index (χ0n) is 28.1. The van der Waals surface area contributed by atoms with Crippen LogP contribution >= 0.6 is 0 Å². The Labute approximate surface area is 285 Å². The number of amides is 1. The predicted molar refractivity (Wildman–Crippen MR) is 187 cm³/mol. The number of nitrogens with zero attached hydrogens (tertiary/aromatic N) is 3. The van der Waals surface area contributed by atoms with Gasteiger partial charge in [0.2, 0.25) is 21.9 Å². The number of aliphatic imine (C=N–C) groups is 1. The number of carbonyl (C=O) groups is 3. The van der Waals surface area contributed by atoms with E-state index in [9.17, 15) is 27.9 Å². The van der Waals surface area contributed by atoms with Gasteiger partial charge in [0, 0.05) is 37.1 Å². The number of nitrogens with one attached hydrogen (secondary N) is 3. The maximum absolute atomic E-state index is 14.1. The van der Waals surface area contributed by atoms with Crippen molar-refractivity contribution in [2.45, 2.75) is 58.5 Å². The first-order chi connectivity index (χ1) is 23.2. The van der Waals surface area contributed by atoms with Crippen molar-refractivity contribution >= 4 is 45.5 Å². The van der Waals surface area contributed by atoms with Crippen LogP contribution in [0.15, 0.2) is 70.6 Å². The van der Waals surface area contributed by atoms with Crippen molar-refractivity contribution in [2.24, 2.45) is 10.9 Å². The molecule has 256 valence electrons. The summed E-state index contributed by atoms with van der Waals surface area (Å²) in [5, 5.41) is 13.4. The summed E-state index contributed by atoms with van der Waals surface area (Å²) in [6, 6.07) is 16.2. The maximum atomic E-state index is 14.1. The summed E-state index contributed by atoms with van der Waals surface area (Å²) >= 11 is 0. The van der Waals surface area contributed by atoms with E-state index in [4.69, 9.17) is 0 Å². The molecule has 0 fully saturated rings. The minimum atomic E-state index is -4.30. The highest BCUT2D eigenvalue weighted by molar-refractivity contribution is 7.89. The average Bonchev–Trinajstić information content (AvgIpc) is 3.37. The van der Waals surface area contributed by atoms with Gasteiger partial charge in [-0.05, 0) is 75.4 Å². The highest BCUT2D eigenvalue weighted by atomic mass is 32.2. The van der Waals surface area contributed by atoms with E-state index in [-0.39, 0.29) is 17.0 Å². The fourth-order valence-corrected chi connectivity index (χ4v) is 7.64. The van der Waals surface area contributed by atoms with Crippen molar-refractivity contribution in [2.75, 3.05) is 18.4 Å². The number of hydrogen-bond donors (Lipinski definition) is 4. The van der Waals surface area contributed by atoms with Crippen molar-refractivity contribution in [3.63, 3.8) is 0 Å².